The largest absolute Gasteiger partial charge is 0.416 e. The van der Waals surface area contributed by atoms with Gasteiger partial charge in [0.1, 0.15) is 0 Å². The van der Waals surface area contributed by atoms with Gasteiger partial charge in [0.2, 0.25) is 0 Å². The van der Waals surface area contributed by atoms with Gasteiger partial charge in [-0.05, 0) is 12.1 Å². The highest BCUT2D eigenvalue weighted by Crippen LogP contribution is 2.31. The Labute approximate surface area is 88.2 Å². The van der Waals surface area contributed by atoms with Gasteiger partial charge in [0.15, 0.2) is 5.51 Å². The number of hydrogen-bond donors (Lipinski definition) is 0. The predicted octanol–water partition coefficient (Wildman–Crippen LogP) is 3.63. The summed E-state index contributed by atoms with van der Waals surface area (Å²) in [6.45, 7) is 0. The molecule has 0 bridgehead atoms. The monoisotopic (exact) mass is 228 g/mol. The van der Waals surface area contributed by atoms with Gasteiger partial charge in [0.25, 0.3) is 0 Å². The maximum absolute atomic E-state index is 12.4. The predicted molar refractivity (Wildman–Crippen MR) is 51.4 cm³/mol. The van der Waals surface area contributed by atoms with Crippen molar-refractivity contribution in [3.8, 4) is 11.3 Å². The normalized spacial score (nSPS) is 11.7. The van der Waals surface area contributed by atoms with Crippen LogP contribution in [-0.2, 0) is 6.18 Å². The first-order chi connectivity index (χ1) is 7.07. The lowest BCUT2D eigenvalue weighted by atomic mass is 10.1. The van der Waals surface area contributed by atoms with Crippen molar-refractivity contribution in [1.29, 1.82) is 0 Å². The molecule has 0 aliphatic heterocycles. The summed E-state index contributed by atoms with van der Waals surface area (Å²) in [4.78, 5) is 3.84. The van der Waals surface area contributed by atoms with E-state index >= 15 is 0 Å². The maximum atomic E-state index is 12.4. The smallest absolute Gasteiger partial charge is 0.233 e. The molecule has 1 heterocycles. The molecule has 0 atom stereocenters. The Bertz CT molecular complexity index is 448. The fraction of sp³-hybridized carbons (Fsp3) is 0.100. The standard InChI is InChI=1S/C10H5F3NS/c11-10(12,13)8-3-1-2-7(4-8)9-5-15-6-14-9/h1-5H. The number of hydrogen-bond acceptors (Lipinski definition) is 2. The fourth-order valence-corrected chi connectivity index (χ4v) is 1.68. The van der Waals surface area contributed by atoms with E-state index in [2.05, 4.69) is 10.5 Å². The zero-order valence-electron chi connectivity index (χ0n) is 7.38. The van der Waals surface area contributed by atoms with Gasteiger partial charge >= 0.3 is 6.18 Å². The van der Waals surface area contributed by atoms with Gasteiger partial charge in [-0.3, -0.25) is 0 Å². The second-order valence-corrected chi connectivity index (χ2v) is 3.56. The van der Waals surface area contributed by atoms with E-state index < -0.39 is 11.7 Å². The van der Waals surface area contributed by atoms with Crippen molar-refractivity contribution >= 4 is 11.3 Å². The second-order valence-electron chi connectivity index (χ2n) is 2.90. The van der Waals surface area contributed by atoms with Crippen LogP contribution in [-0.4, -0.2) is 4.98 Å². The molecule has 1 radical (unpaired) electrons. The van der Waals surface area contributed by atoms with Crippen LogP contribution in [0.2, 0.25) is 0 Å². The van der Waals surface area contributed by atoms with Crippen LogP contribution in [0.15, 0.2) is 29.6 Å². The van der Waals surface area contributed by atoms with E-state index in [1.54, 1.807) is 11.4 Å². The molecular formula is C10H5F3NS. The van der Waals surface area contributed by atoms with Crippen LogP contribution in [0.1, 0.15) is 5.56 Å². The van der Waals surface area contributed by atoms with E-state index in [1.165, 1.54) is 17.4 Å². The van der Waals surface area contributed by atoms with Gasteiger partial charge in [-0.2, -0.15) is 13.2 Å². The molecule has 15 heavy (non-hydrogen) atoms. The third kappa shape index (κ3) is 2.18. The highest BCUT2D eigenvalue weighted by Gasteiger charge is 2.30. The molecule has 2 aromatic rings. The summed E-state index contributed by atoms with van der Waals surface area (Å²) in [6, 6.07) is 5.10. The van der Waals surface area contributed by atoms with E-state index in [0.717, 1.165) is 12.1 Å². The number of alkyl halides is 3. The Balaban J connectivity index is 2.44. The molecule has 0 fully saturated rings. The molecule has 0 saturated carbocycles. The Morgan fingerprint density at radius 1 is 1.27 bits per heavy atom. The van der Waals surface area contributed by atoms with Crippen LogP contribution in [0.5, 0.6) is 0 Å². The van der Waals surface area contributed by atoms with Crippen LogP contribution in [0.25, 0.3) is 11.3 Å². The lowest BCUT2D eigenvalue weighted by molar-refractivity contribution is -0.137. The molecule has 5 heteroatoms. The highest BCUT2D eigenvalue weighted by molar-refractivity contribution is 7.07. The van der Waals surface area contributed by atoms with Gasteiger partial charge in [-0.15, -0.1) is 11.3 Å². The van der Waals surface area contributed by atoms with Gasteiger partial charge < -0.3 is 0 Å². The molecule has 2 rings (SSSR count). The molecule has 1 aromatic carbocycles. The first-order valence-electron chi connectivity index (χ1n) is 4.06. The number of halogens is 3. The number of benzene rings is 1. The van der Waals surface area contributed by atoms with Gasteiger partial charge in [0, 0.05) is 10.9 Å². The van der Waals surface area contributed by atoms with Crippen molar-refractivity contribution in [1.82, 2.24) is 4.98 Å². The van der Waals surface area contributed by atoms with Gasteiger partial charge in [-0.1, -0.05) is 12.1 Å². The topological polar surface area (TPSA) is 12.9 Å². The zero-order chi connectivity index (χ0) is 10.9. The summed E-state index contributed by atoms with van der Waals surface area (Å²) in [5.41, 5.74) is 2.92. The molecular weight excluding hydrogens is 223 g/mol. The van der Waals surface area contributed by atoms with E-state index in [9.17, 15) is 13.2 Å². The van der Waals surface area contributed by atoms with Crippen molar-refractivity contribution in [2.75, 3.05) is 0 Å². The molecule has 1 nitrogen and oxygen atoms in total. The first kappa shape index (κ1) is 10.2. The van der Waals surface area contributed by atoms with Crippen LogP contribution in [0, 0.1) is 5.51 Å². The SMILES string of the molecule is FC(F)(F)c1cccc(-c2cs[c]n2)c1. The molecule has 0 unspecified atom stereocenters. The number of thiazole rings is 1. The minimum atomic E-state index is -4.31. The minimum Gasteiger partial charge on any atom is -0.233 e. The van der Waals surface area contributed by atoms with Crippen molar-refractivity contribution in [3.05, 3.63) is 40.7 Å². The van der Waals surface area contributed by atoms with E-state index in [4.69, 9.17) is 0 Å². The summed E-state index contributed by atoms with van der Waals surface area (Å²) in [5.74, 6) is 0. The molecule has 0 spiro atoms. The van der Waals surface area contributed by atoms with E-state index in [0.29, 0.717) is 11.3 Å². The fourth-order valence-electron chi connectivity index (χ4n) is 1.17. The average Bonchev–Trinajstić information content (AvgIpc) is 2.69. The number of nitrogens with zero attached hydrogens (tertiary/aromatic N) is 1. The van der Waals surface area contributed by atoms with Gasteiger partial charge in [-0.25, -0.2) is 4.98 Å². The molecule has 0 saturated heterocycles. The molecule has 0 N–H and O–H groups in total. The highest BCUT2D eigenvalue weighted by atomic mass is 32.1. The molecule has 0 aliphatic rings. The van der Waals surface area contributed by atoms with Crippen molar-refractivity contribution in [2.45, 2.75) is 6.18 Å². The van der Waals surface area contributed by atoms with Crippen molar-refractivity contribution in [3.63, 3.8) is 0 Å². The van der Waals surface area contributed by atoms with Crippen molar-refractivity contribution < 1.29 is 13.2 Å². The summed E-state index contributed by atoms with van der Waals surface area (Å²) in [6.07, 6.45) is -4.31. The molecule has 0 aliphatic carbocycles. The van der Waals surface area contributed by atoms with Crippen molar-refractivity contribution in [2.24, 2.45) is 0 Å². The summed E-state index contributed by atoms with van der Waals surface area (Å²) in [5, 5.41) is 1.66. The number of rotatable bonds is 1. The van der Waals surface area contributed by atoms with Crippen LogP contribution in [0.3, 0.4) is 0 Å². The summed E-state index contributed by atoms with van der Waals surface area (Å²) in [7, 11) is 0. The quantitative estimate of drug-likeness (QED) is 0.726. The third-order valence-electron chi connectivity index (χ3n) is 1.88. The third-order valence-corrected chi connectivity index (χ3v) is 2.41. The van der Waals surface area contributed by atoms with Crippen LogP contribution < -0.4 is 0 Å². The summed E-state index contributed by atoms with van der Waals surface area (Å²) < 4.78 is 37.2. The molecule has 77 valence electrons. The minimum absolute atomic E-state index is 0.460. The maximum Gasteiger partial charge on any atom is 0.416 e. The van der Waals surface area contributed by atoms with Gasteiger partial charge in [0.05, 0.1) is 11.3 Å². The van der Waals surface area contributed by atoms with Crippen LogP contribution >= 0.6 is 11.3 Å². The van der Waals surface area contributed by atoms with E-state index in [1.807, 2.05) is 0 Å². The molecule has 1 aromatic heterocycles. The number of aromatic nitrogens is 1. The van der Waals surface area contributed by atoms with Crippen LogP contribution in [0.4, 0.5) is 13.2 Å². The Hall–Kier alpha value is -1.36. The Morgan fingerprint density at radius 2 is 2.07 bits per heavy atom. The second kappa shape index (κ2) is 3.66. The molecule has 0 amide bonds. The lowest BCUT2D eigenvalue weighted by Crippen LogP contribution is -2.04. The zero-order valence-corrected chi connectivity index (χ0v) is 8.19. The average molecular weight is 228 g/mol. The first-order valence-corrected chi connectivity index (χ1v) is 4.94. The summed E-state index contributed by atoms with van der Waals surface area (Å²) >= 11 is 1.23. The van der Waals surface area contributed by atoms with E-state index in [-0.39, 0.29) is 0 Å². The lowest BCUT2D eigenvalue weighted by Gasteiger charge is -2.07. The Kier molecular flexibility index (Phi) is 2.48. The Morgan fingerprint density at radius 3 is 2.67 bits per heavy atom.